The highest BCUT2D eigenvalue weighted by molar-refractivity contribution is 5.76. The number of nitrogens with zero attached hydrogens (tertiary/aromatic N) is 1. The molecule has 138 valence electrons. The van der Waals surface area contributed by atoms with Gasteiger partial charge in [-0.05, 0) is 43.0 Å². The smallest absolute Gasteiger partial charge is 0.250 e. The number of hydrogen-bond acceptors (Lipinski definition) is 4. The number of carbonyl (C=O) groups excluding carboxylic acids is 1. The van der Waals surface area contributed by atoms with Crippen LogP contribution in [0.2, 0.25) is 0 Å². The lowest BCUT2D eigenvalue weighted by molar-refractivity contribution is -0.123. The molecule has 7 heteroatoms. The lowest BCUT2D eigenvalue weighted by Gasteiger charge is -2.38. The molecule has 0 radical (unpaired) electrons. The zero-order valence-corrected chi connectivity index (χ0v) is 14.4. The lowest BCUT2D eigenvalue weighted by atomic mass is 9.75. The molecule has 2 N–H and O–H groups in total. The van der Waals surface area contributed by atoms with Gasteiger partial charge in [-0.2, -0.15) is 0 Å². The van der Waals surface area contributed by atoms with Gasteiger partial charge in [0.15, 0.2) is 0 Å². The fourth-order valence-corrected chi connectivity index (χ4v) is 3.26. The van der Waals surface area contributed by atoms with E-state index in [1.54, 1.807) is 12.1 Å². The Kier molecular flexibility index (Phi) is 5.37. The normalized spacial score (nSPS) is 20.1. The Hall–Kier alpha value is -2.67. The summed E-state index contributed by atoms with van der Waals surface area (Å²) in [6.45, 7) is -0.136. The number of benzene rings is 1. The summed E-state index contributed by atoms with van der Waals surface area (Å²) in [7, 11) is 1.48. The molecule has 1 heterocycles. The third-order valence-corrected chi connectivity index (χ3v) is 4.68. The van der Waals surface area contributed by atoms with Crippen LogP contribution in [0.3, 0.4) is 0 Å². The Labute approximate surface area is 150 Å². The van der Waals surface area contributed by atoms with Gasteiger partial charge in [-0.3, -0.25) is 9.59 Å². The van der Waals surface area contributed by atoms with E-state index in [1.165, 1.54) is 42.1 Å². The van der Waals surface area contributed by atoms with Gasteiger partial charge in [-0.25, -0.2) is 4.39 Å². The van der Waals surface area contributed by atoms with Gasteiger partial charge in [0.05, 0.1) is 19.3 Å². The first-order chi connectivity index (χ1) is 12.5. The SMILES string of the molecule is COc1ccc(F)cc1[C@H](NC(=O)Cn1ccccc1=O)C1CC(O)C1. The standard InChI is InChI=1S/C19H21FN2O4/c1-26-16-6-5-13(20)10-15(16)19(12-8-14(23)9-12)21-17(24)11-22-7-3-2-4-18(22)25/h2-7,10,12,14,19,23H,8-9,11H2,1H3,(H,21,24)/t12?,14?,19-/m1/s1. The topological polar surface area (TPSA) is 80.6 Å². The van der Waals surface area contributed by atoms with Crippen molar-refractivity contribution in [2.45, 2.75) is 31.5 Å². The van der Waals surface area contributed by atoms with Gasteiger partial charge < -0.3 is 19.7 Å². The van der Waals surface area contributed by atoms with Gasteiger partial charge in [-0.15, -0.1) is 0 Å². The Morgan fingerprint density at radius 2 is 2.15 bits per heavy atom. The number of methoxy groups -OCH3 is 1. The molecule has 6 nitrogen and oxygen atoms in total. The van der Waals surface area contributed by atoms with Gasteiger partial charge in [0.1, 0.15) is 18.1 Å². The quantitative estimate of drug-likeness (QED) is 0.820. The van der Waals surface area contributed by atoms with Crippen LogP contribution >= 0.6 is 0 Å². The molecule has 1 atom stereocenters. The van der Waals surface area contributed by atoms with Gasteiger partial charge >= 0.3 is 0 Å². The van der Waals surface area contributed by atoms with E-state index in [2.05, 4.69) is 5.32 Å². The summed E-state index contributed by atoms with van der Waals surface area (Å²) in [6, 6.07) is 8.29. The second-order valence-electron chi connectivity index (χ2n) is 6.48. The number of hydrogen-bond donors (Lipinski definition) is 2. The van der Waals surface area contributed by atoms with Crippen molar-refractivity contribution in [3.8, 4) is 5.75 Å². The van der Waals surface area contributed by atoms with E-state index in [0.717, 1.165) is 0 Å². The molecule has 1 aliphatic carbocycles. The first kappa shape index (κ1) is 18.1. The van der Waals surface area contributed by atoms with Gasteiger partial charge in [0, 0.05) is 17.8 Å². The molecule has 1 aromatic carbocycles. The van der Waals surface area contributed by atoms with Crippen molar-refractivity contribution in [2.75, 3.05) is 7.11 Å². The Balaban J connectivity index is 1.83. The molecule has 0 unspecified atom stereocenters. The Bertz CT molecular complexity index is 845. The predicted molar refractivity (Wildman–Crippen MR) is 93.3 cm³/mol. The first-order valence-corrected chi connectivity index (χ1v) is 8.44. The van der Waals surface area contributed by atoms with Crippen molar-refractivity contribution in [2.24, 2.45) is 5.92 Å². The van der Waals surface area contributed by atoms with Gasteiger partial charge in [0.2, 0.25) is 5.91 Å². The van der Waals surface area contributed by atoms with Crippen LogP contribution in [-0.2, 0) is 11.3 Å². The maximum Gasteiger partial charge on any atom is 0.250 e. The molecule has 26 heavy (non-hydrogen) atoms. The molecule has 2 aromatic rings. The van der Waals surface area contributed by atoms with Crippen molar-refractivity contribution in [1.82, 2.24) is 9.88 Å². The number of aromatic nitrogens is 1. The van der Waals surface area contributed by atoms with E-state index in [9.17, 15) is 19.1 Å². The lowest BCUT2D eigenvalue weighted by Crippen LogP contribution is -2.43. The number of nitrogens with one attached hydrogen (secondary N) is 1. The van der Waals surface area contributed by atoms with E-state index in [-0.39, 0.29) is 23.9 Å². The highest BCUT2D eigenvalue weighted by Gasteiger charge is 2.37. The van der Waals surface area contributed by atoms with Gasteiger partial charge in [0.25, 0.3) is 5.56 Å². The molecule has 1 aliphatic rings. The largest absolute Gasteiger partial charge is 0.496 e. The minimum atomic E-state index is -0.504. The molecular formula is C19H21FN2O4. The summed E-state index contributed by atoms with van der Waals surface area (Å²) in [4.78, 5) is 24.3. The number of amides is 1. The van der Waals surface area contributed by atoms with Crippen molar-refractivity contribution < 1.29 is 19.0 Å². The first-order valence-electron chi connectivity index (χ1n) is 8.44. The van der Waals surface area contributed by atoms with Crippen LogP contribution in [-0.4, -0.2) is 28.8 Å². The zero-order valence-electron chi connectivity index (χ0n) is 14.4. The number of halogens is 1. The molecule has 1 fully saturated rings. The summed E-state index contributed by atoms with van der Waals surface area (Å²) >= 11 is 0. The van der Waals surface area contributed by atoms with Crippen LogP contribution in [0.15, 0.2) is 47.4 Å². The maximum atomic E-state index is 13.8. The monoisotopic (exact) mass is 360 g/mol. The Morgan fingerprint density at radius 3 is 2.81 bits per heavy atom. The second-order valence-corrected chi connectivity index (χ2v) is 6.48. The summed E-state index contributed by atoms with van der Waals surface area (Å²) in [6.07, 6.45) is 2.13. The van der Waals surface area contributed by atoms with Crippen LogP contribution in [0, 0.1) is 11.7 Å². The highest BCUT2D eigenvalue weighted by atomic mass is 19.1. The molecule has 1 aromatic heterocycles. The fourth-order valence-electron chi connectivity index (χ4n) is 3.26. The summed E-state index contributed by atoms with van der Waals surface area (Å²) < 4.78 is 20.4. The minimum absolute atomic E-state index is 0.0304. The van der Waals surface area contributed by atoms with Crippen molar-refractivity contribution in [3.63, 3.8) is 0 Å². The third-order valence-electron chi connectivity index (χ3n) is 4.68. The highest BCUT2D eigenvalue weighted by Crippen LogP contribution is 2.41. The number of pyridine rings is 1. The van der Waals surface area contributed by atoms with Crippen LogP contribution < -0.4 is 15.6 Å². The number of carbonyl (C=O) groups is 1. The van der Waals surface area contributed by atoms with E-state index < -0.39 is 18.0 Å². The summed E-state index contributed by atoms with van der Waals surface area (Å²) in [5, 5.41) is 12.5. The van der Waals surface area contributed by atoms with Crippen LogP contribution in [0.25, 0.3) is 0 Å². The van der Waals surface area contributed by atoms with E-state index in [4.69, 9.17) is 4.74 Å². The molecule has 1 saturated carbocycles. The number of aliphatic hydroxyl groups is 1. The van der Waals surface area contributed by atoms with E-state index in [1.807, 2.05) is 0 Å². The summed E-state index contributed by atoms with van der Waals surface area (Å²) in [5.41, 5.74) is 0.250. The number of ether oxygens (including phenoxy) is 1. The predicted octanol–water partition coefficient (Wildman–Crippen LogP) is 1.62. The summed E-state index contributed by atoms with van der Waals surface area (Å²) in [5.74, 6) is -0.359. The number of rotatable bonds is 6. The van der Waals surface area contributed by atoms with Crippen LogP contribution in [0.1, 0.15) is 24.4 Å². The maximum absolute atomic E-state index is 13.8. The van der Waals surface area contributed by atoms with Crippen LogP contribution in [0.4, 0.5) is 4.39 Å². The number of aliphatic hydroxyl groups excluding tert-OH is 1. The zero-order chi connectivity index (χ0) is 18.7. The molecular weight excluding hydrogens is 339 g/mol. The van der Waals surface area contributed by atoms with Gasteiger partial charge in [-0.1, -0.05) is 6.07 Å². The average Bonchev–Trinajstić information content (AvgIpc) is 2.59. The molecule has 1 amide bonds. The molecule has 0 bridgehead atoms. The molecule has 0 saturated heterocycles. The van der Waals surface area contributed by atoms with Crippen molar-refractivity contribution >= 4 is 5.91 Å². The van der Waals surface area contributed by atoms with Crippen molar-refractivity contribution in [3.05, 3.63) is 64.3 Å². The Morgan fingerprint density at radius 1 is 1.38 bits per heavy atom. The second kappa shape index (κ2) is 7.70. The third kappa shape index (κ3) is 3.94. The van der Waals surface area contributed by atoms with E-state index >= 15 is 0 Å². The molecule has 3 rings (SSSR count). The van der Waals surface area contributed by atoms with Crippen molar-refractivity contribution in [1.29, 1.82) is 0 Å². The fraction of sp³-hybridized carbons (Fsp3) is 0.368. The van der Waals surface area contributed by atoms with Crippen LogP contribution in [0.5, 0.6) is 5.75 Å². The molecule has 0 spiro atoms. The average molecular weight is 360 g/mol. The molecule has 0 aliphatic heterocycles. The van der Waals surface area contributed by atoms with E-state index in [0.29, 0.717) is 24.2 Å². The minimum Gasteiger partial charge on any atom is -0.496 e.